The molecule has 1 aromatic rings. The number of carbonyl (C=O) groups excluding carboxylic acids is 1. The standard InChI is InChI=1S/C12H16BrNO/c1-12(2,3)11(15)10(13)8-9-4-6-14-7-5-9/h4-7,10H,8H2,1-3H3. The molecule has 0 spiro atoms. The van der Waals surface area contributed by atoms with E-state index in [0.717, 1.165) is 12.0 Å². The van der Waals surface area contributed by atoms with Crippen molar-refractivity contribution in [2.75, 3.05) is 0 Å². The second-order valence-corrected chi connectivity index (χ2v) is 5.75. The van der Waals surface area contributed by atoms with Gasteiger partial charge in [-0.25, -0.2) is 0 Å². The summed E-state index contributed by atoms with van der Waals surface area (Å²) in [6.07, 6.45) is 4.21. The third kappa shape index (κ3) is 3.74. The number of hydrogen-bond donors (Lipinski definition) is 0. The van der Waals surface area contributed by atoms with Gasteiger partial charge in [0.05, 0.1) is 4.83 Å². The molecule has 15 heavy (non-hydrogen) atoms. The number of nitrogens with zero attached hydrogens (tertiary/aromatic N) is 1. The fourth-order valence-corrected chi connectivity index (χ4v) is 2.35. The first-order chi connectivity index (χ1) is 6.91. The van der Waals surface area contributed by atoms with Crippen molar-refractivity contribution in [3.8, 4) is 0 Å². The smallest absolute Gasteiger partial charge is 0.152 e. The topological polar surface area (TPSA) is 30.0 Å². The van der Waals surface area contributed by atoms with Crippen LogP contribution in [0.3, 0.4) is 0 Å². The van der Waals surface area contributed by atoms with Crippen LogP contribution < -0.4 is 0 Å². The molecule has 1 rings (SSSR count). The van der Waals surface area contributed by atoms with Gasteiger partial charge in [-0.3, -0.25) is 9.78 Å². The minimum Gasteiger partial charge on any atom is -0.298 e. The molecule has 0 fully saturated rings. The van der Waals surface area contributed by atoms with Crippen LogP contribution in [-0.2, 0) is 11.2 Å². The van der Waals surface area contributed by atoms with Gasteiger partial charge < -0.3 is 0 Å². The predicted molar refractivity (Wildman–Crippen MR) is 65.1 cm³/mol. The van der Waals surface area contributed by atoms with E-state index in [1.807, 2.05) is 32.9 Å². The molecular formula is C12H16BrNO. The lowest BCUT2D eigenvalue weighted by atomic mass is 9.87. The summed E-state index contributed by atoms with van der Waals surface area (Å²) < 4.78 is 0. The highest BCUT2D eigenvalue weighted by molar-refractivity contribution is 9.10. The van der Waals surface area contributed by atoms with Gasteiger partial charge in [0.1, 0.15) is 0 Å². The minimum absolute atomic E-state index is 0.111. The lowest BCUT2D eigenvalue weighted by Gasteiger charge is -2.20. The molecule has 0 aliphatic carbocycles. The van der Waals surface area contributed by atoms with Crippen molar-refractivity contribution in [2.45, 2.75) is 32.0 Å². The molecule has 0 amide bonds. The Kier molecular flexibility index (Phi) is 4.03. The molecule has 1 heterocycles. The van der Waals surface area contributed by atoms with Gasteiger partial charge in [-0.1, -0.05) is 36.7 Å². The Labute approximate surface area is 99.2 Å². The Morgan fingerprint density at radius 1 is 1.40 bits per heavy atom. The predicted octanol–water partition coefficient (Wildman–Crippen LogP) is 3.00. The first-order valence-corrected chi connectivity index (χ1v) is 5.90. The monoisotopic (exact) mass is 269 g/mol. The Bertz CT molecular complexity index is 329. The number of rotatable bonds is 3. The summed E-state index contributed by atoms with van der Waals surface area (Å²) in [5.41, 5.74) is 0.839. The molecule has 3 heteroatoms. The van der Waals surface area contributed by atoms with Gasteiger partial charge in [0.15, 0.2) is 5.78 Å². The van der Waals surface area contributed by atoms with Crippen molar-refractivity contribution < 1.29 is 4.79 Å². The van der Waals surface area contributed by atoms with Crippen LogP contribution in [0.15, 0.2) is 24.5 Å². The van der Waals surface area contributed by atoms with Crippen LogP contribution in [0.25, 0.3) is 0 Å². The highest BCUT2D eigenvalue weighted by atomic mass is 79.9. The van der Waals surface area contributed by atoms with Gasteiger partial charge in [0.2, 0.25) is 0 Å². The zero-order chi connectivity index (χ0) is 11.5. The van der Waals surface area contributed by atoms with E-state index in [0.29, 0.717) is 0 Å². The maximum atomic E-state index is 11.9. The molecule has 0 aromatic carbocycles. The van der Waals surface area contributed by atoms with Gasteiger partial charge in [0.25, 0.3) is 0 Å². The first kappa shape index (κ1) is 12.4. The number of halogens is 1. The Balaban J connectivity index is 2.65. The van der Waals surface area contributed by atoms with Gasteiger partial charge in [-0.15, -0.1) is 0 Å². The van der Waals surface area contributed by atoms with Gasteiger partial charge in [-0.2, -0.15) is 0 Å². The van der Waals surface area contributed by atoms with Crippen LogP contribution >= 0.6 is 15.9 Å². The van der Waals surface area contributed by atoms with Crippen LogP contribution in [0, 0.1) is 5.41 Å². The summed E-state index contributed by atoms with van der Waals surface area (Å²) in [4.78, 5) is 15.7. The highest BCUT2D eigenvalue weighted by Gasteiger charge is 2.27. The van der Waals surface area contributed by atoms with Crippen molar-refractivity contribution in [3.63, 3.8) is 0 Å². The second-order valence-electron chi connectivity index (χ2n) is 4.64. The van der Waals surface area contributed by atoms with Crippen LogP contribution in [0.4, 0.5) is 0 Å². The zero-order valence-electron chi connectivity index (χ0n) is 9.33. The molecule has 0 radical (unpaired) electrons. The van der Waals surface area contributed by atoms with Crippen LogP contribution in [-0.4, -0.2) is 15.6 Å². The largest absolute Gasteiger partial charge is 0.298 e. The molecule has 2 nitrogen and oxygen atoms in total. The third-order valence-corrected chi connectivity index (χ3v) is 2.93. The molecule has 1 atom stereocenters. The minimum atomic E-state index is -0.290. The van der Waals surface area contributed by atoms with E-state index in [1.54, 1.807) is 12.4 Å². The highest BCUT2D eigenvalue weighted by Crippen LogP contribution is 2.22. The number of carbonyl (C=O) groups is 1. The van der Waals surface area contributed by atoms with E-state index in [-0.39, 0.29) is 16.0 Å². The van der Waals surface area contributed by atoms with E-state index in [4.69, 9.17) is 0 Å². The molecular weight excluding hydrogens is 254 g/mol. The molecule has 1 unspecified atom stereocenters. The second kappa shape index (κ2) is 4.88. The molecule has 0 saturated heterocycles. The maximum Gasteiger partial charge on any atom is 0.152 e. The van der Waals surface area contributed by atoms with Crippen molar-refractivity contribution >= 4 is 21.7 Å². The van der Waals surface area contributed by atoms with E-state index in [9.17, 15) is 4.79 Å². The molecule has 0 N–H and O–H groups in total. The molecule has 0 bridgehead atoms. The quantitative estimate of drug-likeness (QED) is 0.790. The Hall–Kier alpha value is -0.700. The average Bonchev–Trinajstić information content (AvgIpc) is 2.16. The normalized spacial score (nSPS) is 13.6. The van der Waals surface area contributed by atoms with E-state index >= 15 is 0 Å². The number of alkyl halides is 1. The molecule has 0 aliphatic rings. The molecule has 0 saturated carbocycles. The molecule has 1 aromatic heterocycles. The fraction of sp³-hybridized carbons (Fsp3) is 0.500. The van der Waals surface area contributed by atoms with Crippen LogP contribution in [0.1, 0.15) is 26.3 Å². The fourth-order valence-electron chi connectivity index (χ4n) is 1.29. The van der Waals surface area contributed by atoms with Gasteiger partial charge in [-0.05, 0) is 24.1 Å². The SMILES string of the molecule is CC(C)(C)C(=O)C(Br)Cc1ccncc1. The first-order valence-electron chi connectivity index (χ1n) is 4.98. The summed E-state index contributed by atoms with van der Waals surface area (Å²) in [6, 6.07) is 3.87. The van der Waals surface area contributed by atoms with E-state index in [2.05, 4.69) is 20.9 Å². The zero-order valence-corrected chi connectivity index (χ0v) is 10.9. The average molecular weight is 270 g/mol. The summed E-state index contributed by atoms with van der Waals surface area (Å²) in [5, 5.41) is 0. The maximum absolute atomic E-state index is 11.9. The Morgan fingerprint density at radius 3 is 2.40 bits per heavy atom. The number of aromatic nitrogens is 1. The number of Topliss-reactive ketones (excluding diaryl/α,β-unsaturated/α-hetero) is 1. The third-order valence-electron chi connectivity index (χ3n) is 2.19. The van der Waals surface area contributed by atoms with Crippen molar-refractivity contribution in [3.05, 3.63) is 30.1 Å². The molecule has 82 valence electrons. The summed E-state index contributed by atoms with van der Waals surface area (Å²) in [6.45, 7) is 5.82. The van der Waals surface area contributed by atoms with Gasteiger partial charge in [0, 0.05) is 17.8 Å². The summed E-state index contributed by atoms with van der Waals surface area (Å²) in [7, 11) is 0. The Morgan fingerprint density at radius 2 is 1.93 bits per heavy atom. The van der Waals surface area contributed by atoms with Crippen molar-refractivity contribution in [1.29, 1.82) is 0 Å². The number of pyridine rings is 1. The van der Waals surface area contributed by atoms with Crippen LogP contribution in [0.2, 0.25) is 0 Å². The molecule has 0 aliphatic heterocycles. The van der Waals surface area contributed by atoms with Gasteiger partial charge >= 0.3 is 0 Å². The van der Waals surface area contributed by atoms with E-state index < -0.39 is 0 Å². The van der Waals surface area contributed by atoms with Crippen molar-refractivity contribution in [1.82, 2.24) is 4.98 Å². The number of ketones is 1. The van der Waals surface area contributed by atoms with Crippen molar-refractivity contribution in [2.24, 2.45) is 5.41 Å². The lowest BCUT2D eigenvalue weighted by Crippen LogP contribution is -2.29. The summed E-state index contributed by atoms with van der Waals surface area (Å²) in [5.74, 6) is 0.235. The van der Waals surface area contributed by atoms with Crippen LogP contribution in [0.5, 0.6) is 0 Å². The summed E-state index contributed by atoms with van der Waals surface area (Å²) >= 11 is 3.45. The van der Waals surface area contributed by atoms with E-state index in [1.165, 1.54) is 0 Å². The lowest BCUT2D eigenvalue weighted by molar-refractivity contribution is -0.125. The number of hydrogen-bond acceptors (Lipinski definition) is 2.